The van der Waals surface area contributed by atoms with E-state index in [1.807, 2.05) is 4.90 Å². The first-order chi connectivity index (χ1) is 12.3. The molecule has 8 heteroatoms. The Morgan fingerprint density at radius 1 is 1.08 bits per heavy atom. The van der Waals surface area contributed by atoms with Crippen molar-refractivity contribution in [3.05, 3.63) is 29.8 Å². The molecular formula is C18H24F3N3O2. The van der Waals surface area contributed by atoms with Crippen LogP contribution in [0.15, 0.2) is 24.3 Å². The number of likely N-dealkylation sites (tertiary alicyclic amines) is 1. The maximum absolute atomic E-state index is 12.9. The van der Waals surface area contributed by atoms with Gasteiger partial charge in [-0.15, -0.1) is 0 Å². The van der Waals surface area contributed by atoms with Crippen LogP contribution in [0.25, 0.3) is 0 Å². The van der Waals surface area contributed by atoms with Crippen LogP contribution in [0.3, 0.4) is 0 Å². The first kappa shape index (κ1) is 19.0. The molecule has 0 radical (unpaired) electrons. The Labute approximate surface area is 151 Å². The highest BCUT2D eigenvalue weighted by Crippen LogP contribution is 2.31. The minimum absolute atomic E-state index is 0.0958. The molecule has 2 aliphatic rings. The van der Waals surface area contributed by atoms with E-state index in [9.17, 15) is 23.1 Å². The Morgan fingerprint density at radius 3 is 2.42 bits per heavy atom. The minimum atomic E-state index is -4.34. The standard InChI is InChI=1S/C18H24F3N3O2/c19-18(20,21)14-3-1-4-15(11-14)23-9-7-22(8-10-23)12-16(25)13-24-6-2-5-17(24)26/h1,3-4,11,16,25H,2,5-10,12-13H2. The zero-order chi connectivity index (χ0) is 18.7. The maximum atomic E-state index is 12.9. The van der Waals surface area contributed by atoms with Gasteiger partial charge in [0.25, 0.3) is 0 Å². The molecule has 1 N–H and O–H groups in total. The van der Waals surface area contributed by atoms with Crippen LogP contribution < -0.4 is 4.90 Å². The predicted molar refractivity (Wildman–Crippen MR) is 91.9 cm³/mol. The van der Waals surface area contributed by atoms with Crippen molar-refractivity contribution in [2.24, 2.45) is 0 Å². The van der Waals surface area contributed by atoms with Crippen LogP contribution in [0.4, 0.5) is 18.9 Å². The van der Waals surface area contributed by atoms with Gasteiger partial charge in [0.05, 0.1) is 11.7 Å². The average molecular weight is 371 g/mol. The van der Waals surface area contributed by atoms with E-state index in [0.29, 0.717) is 57.9 Å². The Balaban J connectivity index is 1.49. The molecule has 1 unspecified atom stereocenters. The molecule has 144 valence electrons. The van der Waals surface area contributed by atoms with Crippen molar-refractivity contribution in [1.29, 1.82) is 0 Å². The van der Waals surface area contributed by atoms with Gasteiger partial charge in [-0.1, -0.05) is 6.07 Å². The summed E-state index contributed by atoms with van der Waals surface area (Å²) in [5.41, 5.74) is -0.0641. The molecule has 0 aliphatic carbocycles. The molecule has 1 aromatic carbocycles. The summed E-state index contributed by atoms with van der Waals surface area (Å²) in [7, 11) is 0. The Morgan fingerprint density at radius 2 is 1.81 bits per heavy atom. The number of nitrogens with zero attached hydrogens (tertiary/aromatic N) is 3. The van der Waals surface area contributed by atoms with Crippen LogP contribution in [-0.4, -0.2) is 72.7 Å². The quantitative estimate of drug-likeness (QED) is 0.858. The summed E-state index contributed by atoms with van der Waals surface area (Å²) in [4.78, 5) is 17.3. The van der Waals surface area contributed by atoms with Gasteiger partial charge in [-0.25, -0.2) is 0 Å². The van der Waals surface area contributed by atoms with Crippen LogP contribution in [0, 0.1) is 0 Å². The first-order valence-corrected chi connectivity index (χ1v) is 8.93. The summed E-state index contributed by atoms with van der Waals surface area (Å²) >= 11 is 0. The van der Waals surface area contributed by atoms with Crippen molar-refractivity contribution in [3.63, 3.8) is 0 Å². The molecule has 0 bridgehead atoms. The van der Waals surface area contributed by atoms with Crippen molar-refractivity contribution in [1.82, 2.24) is 9.80 Å². The fourth-order valence-corrected chi connectivity index (χ4v) is 3.57. The van der Waals surface area contributed by atoms with E-state index in [4.69, 9.17) is 0 Å². The number of alkyl halides is 3. The molecule has 5 nitrogen and oxygen atoms in total. The minimum Gasteiger partial charge on any atom is -0.390 e. The fourth-order valence-electron chi connectivity index (χ4n) is 3.57. The Bertz CT molecular complexity index is 630. The van der Waals surface area contributed by atoms with Crippen molar-refractivity contribution in [2.45, 2.75) is 25.1 Å². The highest BCUT2D eigenvalue weighted by atomic mass is 19.4. The highest BCUT2D eigenvalue weighted by Gasteiger charge is 2.31. The van der Waals surface area contributed by atoms with Gasteiger partial charge in [-0.2, -0.15) is 13.2 Å². The van der Waals surface area contributed by atoms with Crippen molar-refractivity contribution >= 4 is 11.6 Å². The van der Waals surface area contributed by atoms with Gasteiger partial charge in [0.2, 0.25) is 5.91 Å². The number of amides is 1. The number of carbonyl (C=O) groups is 1. The van der Waals surface area contributed by atoms with Gasteiger partial charge >= 0.3 is 6.18 Å². The molecule has 2 saturated heterocycles. The number of hydrogen-bond acceptors (Lipinski definition) is 4. The van der Waals surface area contributed by atoms with Gasteiger partial charge in [0.15, 0.2) is 0 Å². The van der Waals surface area contributed by atoms with Gasteiger partial charge in [0, 0.05) is 57.9 Å². The van der Waals surface area contributed by atoms with E-state index in [0.717, 1.165) is 12.5 Å². The predicted octanol–water partition coefficient (Wildman–Crippen LogP) is 1.81. The molecule has 2 fully saturated rings. The maximum Gasteiger partial charge on any atom is 0.416 e. The molecule has 0 aromatic heterocycles. The zero-order valence-electron chi connectivity index (χ0n) is 14.6. The summed E-state index contributed by atoms with van der Waals surface area (Å²) in [6.45, 7) is 4.09. The first-order valence-electron chi connectivity index (χ1n) is 8.93. The lowest BCUT2D eigenvalue weighted by atomic mass is 10.1. The molecule has 3 rings (SSSR count). The zero-order valence-corrected chi connectivity index (χ0v) is 14.6. The molecule has 1 aromatic rings. The number of piperazine rings is 1. The number of benzene rings is 1. The third kappa shape index (κ3) is 4.67. The lowest BCUT2D eigenvalue weighted by Crippen LogP contribution is -2.50. The molecular weight excluding hydrogens is 347 g/mol. The van der Waals surface area contributed by atoms with E-state index in [2.05, 4.69) is 4.90 Å². The number of hydrogen-bond donors (Lipinski definition) is 1. The average Bonchev–Trinajstić information content (AvgIpc) is 2.99. The molecule has 2 aliphatic heterocycles. The summed E-state index contributed by atoms with van der Waals surface area (Å²) in [6.07, 6.45) is -3.53. The number of aliphatic hydroxyl groups excluding tert-OH is 1. The second-order valence-electron chi connectivity index (χ2n) is 6.93. The third-order valence-corrected chi connectivity index (χ3v) is 4.98. The molecule has 1 amide bonds. The Hall–Kier alpha value is -1.80. The lowest BCUT2D eigenvalue weighted by molar-refractivity contribution is -0.137. The molecule has 2 heterocycles. The van der Waals surface area contributed by atoms with Crippen LogP contribution >= 0.6 is 0 Å². The molecule has 0 spiro atoms. The smallest absolute Gasteiger partial charge is 0.390 e. The summed E-state index contributed by atoms with van der Waals surface area (Å²) in [6, 6.07) is 5.39. The van der Waals surface area contributed by atoms with Crippen molar-refractivity contribution in [3.8, 4) is 0 Å². The number of aliphatic hydroxyl groups is 1. The third-order valence-electron chi connectivity index (χ3n) is 4.98. The number of rotatable bonds is 5. The monoisotopic (exact) mass is 371 g/mol. The number of β-amino-alcohol motifs (C(OH)–C–C–N with tert-alkyl or cyclic N) is 1. The van der Waals surface area contributed by atoms with Crippen LogP contribution in [0.2, 0.25) is 0 Å². The molecule has 1 atom stereocenters. The SMILES string of the molecule is O=C1CCCN1CC(O)CN1CCN(c2cccc(C(F)(F)F)c2)CC1. The number of halogens is 3. The molecule has 0 saturated carbocycles. The van der Waals surface area contributed by atoms with Crippen molar-refractivity contribution < 1.29 is 23.1 Å². The highest BCUT2D eigenvalue weighted by molar-refractivity contribution is 5.78. The van der Waals surface area contributed by atoms with Gasteiger partial charge < -0.3 is 14.9 Å². The van der Waals surface area contributed by atoms with E-state index in [1.54, 1.807) is 11.0 Å². The second-order valence-corrected chi connectivity index (χ2v) is 6.93. The van der Waals surface area contributed by atoms with Gasteiger partial charge in [-0.3, -0.25) is 9.69 Å². The second kappa shape index (κ2) is 7.84. The van der Waals surface area contributed by atoms with Crippen LogP contribution in [0.5, 0.6) is 0 Å². The van der Waals surface area contributed by atoms with Crippen LogP contribution in [-0.2, 0) is 11.0 Å². The van der Waals surface area contributed by atoms with Gasteiger partial charge in [0.1, 0.15) is 0 Å². The summed E-state index contributed by atoms with van der Waals surface area (Å²) in [5, 5.41) is 10.2. The summed E-state index contributed by atoms with van der Waals surface area (Å²) in [5.74, 6) is 0.0958. The van der Waals surface area contributed by atoms with Crippen molar-refractivity contribution in [2.75, 3.05) is 50.7 Å². The van der Waals surface area contributed by atoms with E-state index in [-0.39, 0.29) is 5.91 Å². The van der Waals surface area contributed by atoms with Gasteiger partial charge in [-0.05, 0) is 24.6 Å². The lowest BCUT2D eigenvalue weighted by Gasteiger charge is -2.37. The number of anilines is 1. The van der Waals surface area contributed by atoms with E-state index >= 15 is 0 Å². The fraction of sp³-hybridized carbons (Fsp3) is 0.611. The van der Waals surface area contributed by atoms with E-state index < -0.39 is 17.8 Å². The normalized spacial score (nSPS) is 20.7. The largest absolute Gasteiger partial charge is 0.416 e. The van der Waals surface area contributed by atoms with E-state index in [1.165, 1.54) is 12.1 Å². The topological polar surface area (TPSA) is 47.0 Å². The Kier molecular flexibility index (Phi) is 5.72. The number of carbonyl (C=O) groups excluding carboxylic acids is 1. The van der Waals surface area contributed by atoms with Crippen LogP contribution in [0.1, 0.15) is 18.4 Å². The molecule has 26 heavy (non-hydrogen) atoms. The summed E-state index contributed by atoms with van der Waals surface area (Å²) < 4.78 is 38.6.